The number of carboxylic acid groups (broad SMARTS) is 1. The van der Waals surface area contributed by atoms with E-state index in [4.69, 9.17) is 27.9 Å². The molecule has 2 aromatic heterocycles. The number of benzene rings is 3. The summed E-state index contributed by atoms with van der Waals surface area (Å²) in [7, 11) is 0. The molecule has 5 aromatic rings. The Morgan fingerprint density at radius 1 is 1.15 bits per heavy atom. The molecule has 1 saturated heterocycles. The maximum atomic E-state index is 15.9. The van der Waals surface area contributed by atoms with Gasteiger partial charge in [-0.25, -0.2) is 24.0 Å². The van der Waals surface area contributed by atoms with E-state index in [1.165, 1.54) is 0 Å². The molecule has 1 atom stereocenters. The van der Waals surface area contributed by atoms with E-state index in [9.17, 15) is 9.90 Å². The number of rotatable bonds is 11. The fourth-order valence-electron chi connectivity index (χ4n) is 6.12. The van der Waals surface area contributed by atoms with Crippen molar-refractivity contribution in [2.24, 2.45) is 5.92 Å². The number of hydrogen-bond donors (Lipinski definition) is 1. The number of piperidine rings is 1. The number of hydrogen-bond acceptors (Lipinski definition) is 5. The first-order valence-electron chi connectivity index (χ1n) is 15.3. The molecular weight excluding hydrogens is 607 g/mol. The van der Waals surface area contributed by atoms with Crippen LogP contribution in [0.2, 0.25) is 5.02 Å². The van der Waals surface area contributed by atoms with Gasteiger partial charge in [0.25, 0.3) is 0 Å². The second kappa shape index (κ2) is 13.7. The van der Waals surface area contributed by atoms with E-state index < -0.39 is 12.1 Å². The third-order valence-electron chi connectivity index (χ3n) is 8.65. The van der Waals surface area contributed by atoms with E-state index in [0.29, 0.717) is 48.0 Å². The van der Waals surface area contributed by atoms with Crippen molar-refractivity contribution in [1.82, 2.24) is 24.0 Å². The molecule has 0 aliphatic carbocycles. The minimum absolute atomic E-state index is 0.117. The van der Waals surface area contributed by atoms with Crippen LogP contribution in [0.5, 0.6) is 5.75 Å². The number of likely N-dealkylation sites (tertiary alicyclic amines) is 1. The number of aromatic carboxylic acids is 1. The number of ether oxygens (including phenoxy) is 1. The second-order valence-corrected chi connectivity index (χ2v) is 12.0. The van der Waals surface area contributed by atoms with Crippen LogP contribution in [0, 0.1) is 12.5 Å². The predicted octanol–water partition coefficient (Wildman–Crippen LogP) is 7.71. The summed E-state index contributed by atoms with van der Waals surface area (Å²) in [6, 6.07) is 17.3. The quantitative estimate of drug-likeness (QED) is 0.149. The standard InChI is InChI=1S/C35H34ClFN6O3/c1-3-42-22-39-18-28(42)19-43-31-16-26(35(44)45)7-9-29(31)40-33(43)20-41-13-11-24(12-14-41)34(37)25-6-4-5-23(15-25)21-46-32-10-8-27(36)17-30(32)38-2/h4-10,15-18,22,24,34H,3,11-14,19-21H2,1H3,(H,44,45)/t34-/m1/s1. The third kappa shape index (κ3) is 6.76. The van der Waals surface area contributed by atoms with E-state index in [0.717, 1.165) is 47.7 Å². The molecule has 11 heteroatoms. The van der Waals surface area contributed by atoms with Crippen LogP contribution >= 0.6 is 11.6 Å². The highest BCUT2D eigenvalue weighted by Crippen LogP contribution is 2.36. The number of carbonyl (C=O) groups is 1. The summed E-state index contributed by atoms with van der Waals surface area (Å²) in [6.07, 6.45) is 3.92. The Labute approximate surface area is 271 Å². The lowest BCUT2D eigenvalue weighted by molar-refractivity contribution is 0.0697. The highest BCUT2D eigenvalue weighted by atomic mass is 35.5. The molecule has 0 spiro atoms. The van der Waals surface area contributed by atoms with Crippen molar-refractivity contribution in [1.29, 1.82) is 0 Å². The zero-order valence-corrected chi connectivity index (χ0v) is 26.2. The van der Waals surface area contributed by atoms with E-state index in [1.54, 1.807) is 42.7 Å². The fourth-order valence-corrected chi connectivity index (χ4v) is 6.29. The molecule has 6 rings (SSSR count). The number of aryl methyl sites for hydroxylation is 1. The van der Waals surface area contributed by atoms with Crippen LogP contribution in [-0.4, -0.2) is 48.2 Å². The number of aromatic nitrogens is 4. The molecule has 0 bridgehead atoms. The SMILES string of the molecule is [C-]#[N+]c1cc(Cl)ccc1OCc1cccc([C@H](F)C2CCN(Cc3nc4ccc(C(=O)O)cc4n3Cc3cncn3CC)CC2)c1. The van der Waals surface area contributed by atoms with Gasteiger partial charge in [-0.2, -0.15) is 0 Å². The summed E-state index contributed by atoms with van der Waals surface area (Å²) < 4.78 is 25.9. The summed E-state index contributed by atoms with van der Waals surface area (Å²) in [5.74, 6) is 0.187. The van der Waals surface area contributed by atoms with E-state index in [-0.39, 0.29) is 18.1 Å². The fraction of sp³-hybridized carbons (Fsp3) is 0.314. The van der Waals surface area contributed by atoms with Gasteiger partial charge >= 0.3 is 5.97 Å². The third-order valence-corrected chi connectivity index (χ3v) is 8.89. The van der Waals surface area contributed by atoms with Crippen molar-refractivity contribution in [3.05, 3.63) is 118 Å². The van der Waals surface area contributed by atoms with Crippen LogP contribution < -0.4 is 4.74 Å². The van der Waals surface area contributed by atoms with Crippen LogP contribution in [0.25, 0.3) is 15.9 Å². The average Bonchev–Trinajstić information content (AvgIpc) is 3.67. The zero-order valence-electron chi connectivity index (χ0n) is 25.4. The van der Waals surface area contributed by atoms with Crippen molar-refractivity contribution in [2.75, 3.05) is 13.1 Å². The maximum absolute atomic E-state index is 15.9. The lowest BCUT2D eigenvalue weighted by atomic mass is 9.88. The average molecular weight is 641 g/mol. The lowest BCUT2D eigenvalue weighted by Gasteiger charge is -2.33. The van der Waals surface area contributed by atoms with Gasteiger partial charge in [-0.05, 0) is 92.4 Å². The molecule has 0 saturated carbocycles. The summed E-state index contributed by atoms with van der Waals surface area (Å²) in [5, 5.41) is 10.1. The number of nitrogens with zero attached hydrogens (tertiary/aromatic N) is 6. The summed E-state index contributed by atoms with van der Waals surface area (Å²) >= 11 is 6.00. The van der Waals surface area contributed by atoms with Crippen molar-refractivity contribution >= 4 is 34.3 Å². The Morgan fingerprint density at radius 3 is 2.74 bits per heavy atom. The largest absolute Gasteiger partial charge is 0.500 e. The smallest absolute Gasteiger partial charge is 0.335 e. The Hall–Kier alpha value is -4.72. The Morgan fingerprint density at radius 2 is 1.98 bits per heavy atom. The van der Waals surface area contributed by atoms with Gasteiger partial charge < -0.3 is 19.0 Å². The number of alkyl halides is 1. The van der Waals surface area contributed by atoms with Crippen molar-refractivity contribution in [3.63, 3.8) is 0 Å². The molecule has 3 aromatic carbocycles. The van der Waals surface area contributed by atoms with Crippen LogP contribution in [0.1, 0.15) is 58.9 Å². The Balaban J connectivity index is 1.12. The summed E-state index contributed by atoms with van der Waals surface area (Å²) in [5.41, 5.74) is 4.53. The molecule has 1 fully saturated rings. The molecule has 1 aliphatic rings. The normalized spacial score (nSPS) is 14.7. The Bertz CT molecular complexity index is 1910. The van der Waals surface area contributed by atoms with Gasteiger partial charge in [0.05, 0.1) is 48.3 Å². The highest BCUT2D eigenvalue weighted by molar-refractivity contribution is 6.30. The molecule has 236 valence electrons. The van der Waals surface area contributed by atoms with Gasteiger partial charge in [0.2, 0.25) is 5.69 Å². The number of halogens is 2. The topological polar surface area (TPSA) is 89.8 Å². The molecule has 0 unspecified atom stereocenters. The molecule has 46 heavy (non-hydrogen) atoms. The number of fused-ring (bicyclic) bond motifs is 1. The summed E-state index contributed by atoms with van der Waals surface area (Å²) in [4.78, 5) is 26.7. The van der Waals surface area contributed by atoms with E-state index >= 15 is 4.39 Å². The molecule has 9 nitrogen and oxygen atoms in total. The van der Waals surface area contributed by atoms with E-state index in [2.05, 4.69) is 30.8 Å². The van der Waals surface area contributed by atoms with Crippen molar-refractivity contribution < 1.29 is 19.0 Å². The number of carboxylic acids is 1. The van der Waals surface area contributed by atoms with Gasteiger partial charge in [-0.3, -0.25) is 4.90 Å². The lowest BCUT2D eigenvalue weighted by Crippen LogP contribution is -2.35. The predicted molar refractivity (Wildman–Crippen MR) is 174 cm³/mol. The minimum Gasteiger partial charge on any atom is -0.500 e. The molecule has 1 aliphatic heterocycles. The van der Waals surface area contributed by atoms with Gasteiger partial charge in [0, 0.05) is 17.8 Å². The van der Waals surface area contributed by atoms with Crippen LogP contribution in [0.3, 0.4) is 0 Å². The monoisotopic (exact) mass is 640 g/mol. The first-order valence-corrected chi connectivity index (χ1v) is 15.7. The Kier molecular flexibility index (Phi) is 9.33. The number of imidazole rings is 2. The molecule has 1 N–H and O–H groups in total. The van der Waals surface area contributed by atoms with Gasteiger partial charge in [-0.15, -0.1) is 0 Å². The first kappa shape index (κ1) is 31.3. The van der Waals surface area contributed by atoms with Gasteiger partial charge in [0.15, 0.2) is 0 Å². The zero-order chi connectivity index (χ0) is 32.2. The van der Waals surface area contributed by atoms with Gasteiger partial charge in [0.1, 0.15) is 24.4 Å². The molecule has 0 amide bonds. The van der Waals surface area contributed by atoms with Crippen molar-refractivity contribution in [3.8, 4) is 5.75 Å². The van der Waals surface area contributed by atoms with Gasteiger partial charge in [-0.1, -0.05) is 29.8 Å². The highest BCUT2D eigenvalue weighted by Gasteiger charge is 2.29. The first-order chi connectivity index (χ1) is 22.3. The van der Waals surface area contributed by atoms with Crippen LogP contribution in [0.4, 0.5) is 10.1 Å². The summed E-state index contributed by atoms with van der Waals surface area (Å²) in [6.45, 7) is 13.0. The van der Waals surface area contributed by atoms with E-state index in [1.807, 2.05) is 30.5 Å². The van der Waals surface area contributed by atoms with Crippen molar-refractivity contribution in [2.45, 2.75) is 52.2 Å². The minimum atomic E-state index is -1.11. The van der Waals surface area contributed by atoms with Crippen LogP contribution in [0.15, 0.2) is 73.2 Å². The maximum Gasteiger partial charge on any atom is 0.335 e. The molecule has 0 radical (unpaired) electrons. The second-order valence-electron chi connectivity index (χ2n) is 11.6. The molecule has 3 heterocycles. The molecular formula is C35H34ClFN6O3. The van der Waals surface area contributed by atoms with Crippen LogP contribution in [-0.2, 0) is 26.2 Å².